The number of benzene rings is 2. The van der Waals surface area contributed by atoms with E-state index in [1.807, 2.05) is 54.6 Å². The second kappa shape index (κ2) is 11.7. The van der Waals surface area contributed by atoms with Crippen molar-refractivity contribution in [1.82, 2.24) is 4.98 Å². The molecule has 1 aliphatic rings. The van der Waals surface area contributed by atoms with Crippen LogP contribution in [0.4, 0.5) is 0 Å². The molecule has 3 aromatic rings. The van der Waals surface area contributed by atoms with E-state index in [0.717, 1.165) is 55.0 Å². The highest BCUT2D eigenvalue weighted by molar-refractivity contribution is 6.30. The third kappa shape index (κ3) is 6.73. The first kappa shape index (κ1) is 25.9. The van der Waals surface area contributed by atoms with Gasteiger partial charge in [0, 0.05) is 10.9 Å². The highest BCUT2D eigenvalue weighted by atomic mass is 35.5. The second-order valence-corrected chi connectivity index (χ2v) is 10.8. The number of likely N-dealkylation sites (N-methyl/N-ethyl adjacent to an activating group) is 1. The van der Waals surface area contributed by atoms with Crippen LogP contribution < -0.4 is 0 Å². The molecular formula is C29H38ClN2O3+. The minimum atomic E-state index is -1.19. The van der Waals surface area contributed by atoms with Crippen LogP contribution in [0.25, 0.3) is 0 Å². The van der Waals surface area contributed by atoms with Crippen molar-refractivity contribution in [1.29, 1.82) is 0 Å². The van der Waals surface area contributed by atoms with Gasteiger partial charge in [-0.2, -0.15) is 0 Å². The number of ether oxygens (including phenoxy) is 1. The molecule has 1 atom stereocenters. The summed E-state index contributed by atoms with van der Waals surface area (Å²) in [5, 5.41) is 12.8. The Kier molecular flexibility index (Phi) is 8.66. The molecule has 188 valence electrons. The molecule has 1 aliphatic carbocycles. The number of rotatable bonds is 11. The molecule has 1 heterocycles. The maximum absolute atomic E-state index is 12.0. The van der Waals surface area contributed by atoms with Crippen molar-refractivity contribution in [2.45, 2.75) is 50.7 Å². The van der Waals surface area contributed by atoms with E-state index in [4.69, 9.17) is 20.8 Å². The Balaban J connectivity index is 1.35. The first-order chi connectivity index (χ1) is 16.9. The topological polar surface area (TPSA) is 55.5 Å². The van der Waals surface area contributed by atoms with Gasteiger partial charge in [0.05, 0.1) is 33.5 Å². The molecule has 0 aliphatic heterocycles. The van der Waals surface area contributed by atoms with Crippen molar-refractivity contribution < 1.29 is 18.7 Å². The lowest BCUT2D eigenvalue weighted by Gasteiger charge is -2.36. The van der Waals surface area contributed by atoms with Gasteiger partial charge in [0.25, 0.3) is 0 Å². The molecule has 5 nitrogen and oxygen atoms in total. The lowest BCUT2D eigenvalue weighted by molar-refractivity contribution is -0.904. The summed E-state index contributed by atoms with van der Waals surface area (Å²) < 4.78 is 12.9. The minimum Gasteiger partial charge on any atom is -0.436 e. The first-order valence-corrected chi connectivity index (χ1v) is 13.1. The lowest BCUT2D eigenvalue weighted by Crippen LogP contribution is -2.41. The van der Waals surface area contributed by atoms with Crippen LogP contribution in [0.3, 0.4) is 0 Å². The highest BCUT2D eigenvalue weighted by Gasteiger charge is 2.44. The summed E-state index contributed by atoms with van der Waals surface area (Å²) >= 11 is 5.95. The molecule has 4 rings (SSSR count). The molecule has 0 spiro atoms. The SMILES string of the molecule is C[N+](C)(CCOCCc1ccc(Cl)cc1)Cc1cnc([C@](O)(c2ccccc2)C2CCCCC2)o1. The van der Waals surface area contributed by atoms with Crippen molar-refractivity contribution in [2.24, 2.45) is 5.92 Å². The van der Waals surface area contributed by atoms with Gasteiger partial charge in [0.1, 0.15) is 13.1 Å². The molecular weight excluding hydrogens is 460 g/mol. The maximum Gasteiger partial charge on any atom is 0.231 e. The Morgan fingerprint density at radius 1 is 1.03 bits per heavy atom. The average molecular weight is 498 g/mol. The fourth-order valence-electron chi connectivity index (χ4n) is 5.06. The van der Waals surface area contributed by atoms with Crippen molar-refractivity contribution in [3.05, 3.63) is 88.6 Å². The van der Waals surface area contributed by atoms with Crippen LogP contribution >= 0.6 is 11.6 Å². The Morgan fingerprint density at radius 2 is 1.74 bits per heavy atom. The van der Waals surface area contributed by atoms with Crippen molar-refractivity contribution in [2.75, 3.05) is 33.9 Å². The molecule has 35 heavy (non-hydrogen) atoms. The van der Waals surface area contributed by atoms with E-state index in [1.165, 1.54) is 12.0 Å². The van der Waals surface area contributed by atoms with Crippen molar-refractivity contribution >= 4 is 11.6 Å². The predicted molar refractivity (Wildman–Crippen MR) is 139 cm³/mol. The van der Waals surface area contributed by atoms with Gasteiger partial charge in [0.2, 0.25) is 5.89 Å². The summed E-state index contributed by atoms with van der Waals surface area (Å²) in [6.45, 7) is 2.88. The molecule has 1 aromatic heterocycles. The zero-order valence-corrected chi connectivity index (χ0v) is 21.7. The largest absolute Gasteiger partial charge is 0.436 e. The third-order valence-electron chi connectivity index (χ3n) is 7.16. The van der Waals surface area contributed by atoms with Crippen molar-refractivity contribution in [3.63, 3.8) is 0 Å². The number of quaternary nitrogens is 1. The summed E-state index contributed by atoms with van der Waals surface area (Å²) in [4.78, 5) is 4.61. The van der Waals surface area contributed by atoms with Gasteiger partial charge in [-0.05, 0) is 42.5 Å². The average Bonchev–Trinajstić information content (AvgIpc) is 3.33. The molecule has 6 heteroatoms. The number of halogens is 1. The molecule has 0 radical (unpaired) electrons. The second-order valence-electron chi connectivity index (χ2n) is 10.4. The van der Waals surface area contributed by atoms with Crippen LogP contribution in [-0.2, 0) is 23.3 Å². The van der Waals surface area contributed by atoms with Gasteiger partial charge in [-0.1, -0.05) is 73.3 Å². The van der Waals surface area contributed by atoms with E-state index in [9.17, 15) is 5.11 Å². The van der Waals surface area contributed by atoms with E-state index in [2.05, 4.69) is 19.1 Å². The molecule has 0 amide bonds. The number of nitrogens with zero attached hydrogens (tertiary/aromatic N) is 2. The number of hydrogen-bond donors (Lipinski definition) is 1. The summed E-state index contributed by atoms with van der Waals surface area (Å²) in [6.07, 6.45) is 8.12. The summed E-state index contributed by atoms with van der Waals surface area (Å²) in [5.41, 5.74) is 0.895. The van der Waals surface area contributed by atoms with Crippen LogP contribution in [0.5, 0.6) is 0 Å². The molecule has 1 fully saturated rings. The Labute approximate surface area is 214 Å². The molecule has 0 saturated heterocycles. The molecule has 1 N–H and O–H groups in total. The van der Waals surface area contributed by atoms with Crippen LogP contribution in [0, 0.1) is 5.92 Å². The van der Waals surface area contributed by atoms with Gasteiger partial charge >= 0.3 is 0 Å². The summed E-state index contributed by atoms with van der Waals surface area (Å²) in [5.74, 6) is 1.32. The number of hydrogen-bond acceptors (Lipinski definition) is 4. The Morgan fingerprint density at radius 3 is 2.46 bits per heavy atom. The molecule has 2 aromatic carbocycles. The Bertz CT molecular complexity index is 1050. The van der Waals surface area contributed by atoms with Gasteiger partial charge in [-0.15, -0.1) is 0 Å². The van der Waals surface area contributed by atoms with Gasteiger partial charge in [0.15, 0.2) is 11.4 Å². The van der Waals surface area contributed by atoms with E-state index < -0.39 is 5.60 Å². The fraction of sp³-hybridized carbons (Fsp3) is 0.483. The van der Waals surface area contributed by atoms with Gasteiger partial charge in [-0.25, -0.2) is 4.98 Å². The summed E-state index contributed by atoms with van der Waals surface area (Å²) in [6, 6.07) is 17.8. The van der Waals surface area contributed by atoms with Crippen molar-refractivity contribution in [3.8, 4) is 0 Å². The summed E-state index contributed by atoms with van der Waals surface area (Å²) in [7, 11) is 4.32. The van der Waals surface area contributed by atoms with Gasteiger partial charge in [-0.3, -0.25) is 0 Å². The van der Waals surface area contributed by atoms with E-state index >= 15 is 0 Å². The van der Waals surface area contributed by atoms with Crippen LogP contribution in [-0.4, -0.2) is 48.4 Å². The quantitative estimate of drug-likeness (QED) is 0.261. The monoisotopic (exact) mass is 497 g/mol. The lowest BCUT2D eigenvalue weighted by atomic mass is 9.73. The standard InChI is InChI=1S/C29H38ClN2O3/c1-32(2,18-20-34-19-17-23-13-15-26(30)16-14-23)22-27-21-31-28(35-27)29(33,24-9-5-3-6-10-24)25-11-7-4-8-12-25/h3,5-6,9-10,13-16,21,25,33H,4,7-8,11-12,17-20,22H2,1-2H3/q+1/t29-/m0/s1. The minimum absolute atomic E-state index is 0.113. The smallest absolute Gasteiger partial charge is 0.231 e. The van der Waals surface area contributed by atoms with E-state index in [0.29, 0.717) is 30.1 Å². The Hall–Kier alpha value is -2.18. The van der Waals surface area contributed by atoms with Crippen LogP contribution in [0.2, 0.25) is 5.02 Å². The van der Waals surface area contributed by atoms with Crippen LogP contribution in [0.1, 0.15) is 54.9 Å². The number of oxazole rings is 1. The fourth-order valence-corrected chi connectivity index (χ4v) is 5.18. The third-order valence-corrected chi connectivity index (χ3v) is 7.41. The zero-order valence-electron chi connectivity index (χ0n) is 21.0. The molecule has 0 bridgehead atoms. The number of aromatic nitrogens is 1. The van der Waals surface area contributed by atoms with E-state index in [1.54, 1.807) is 6.20 Å². The molecule has 1 saturated carbocycles. The number of aliphatic hydroxyl groups is 1. The normalized spacial score (nSPS) is 16.8. The van der Waals surface area contributed by atoms with Crippen LogP contribution in [0.15, 0.2) is 65.2 Å². The maximum atomic E-state index is 12.0. The van der Waals surface area contributed by atoms with Gasteiger partial charge < -0.3 is 18.7 Å². The van der Waals surface area contributed by atoms with E-state index in [-0.39, 0.29) is 5.92 Å². The first-order valence-electron chi connectivity index (χ1n) is 12.7. The zero-order chi connectivity index (χ0) is 24.7. The molecule has 0 unspecified atom stereocenters. The highest BCUT2D eigenvalue weighted by Crippen LogP contribution is 2.43. The predicted octanol–water partition coefficient (Wildman–Crippen LogP) is 5.98.